The van der Waals surface area contributed by atoms with Gasteiger partial charge in [-0.25, -0.2) is 5.43 Å². The minimum Gasteiger partial charge on any atom is -0.493 e. The molecule has 0 radical (unpaired) electrons. The van der Waals surface area contributed by atoms with E-state index in [0.717, 1.165) is 17.0 Å². The van der Waals surface area contributed by atoms with E-state index in [0.29, 0.717) is 5.75 Å². The molecule has 0 bridgehead atoms. The first-order chi connectivity index (χ1) is 9.58. The highest BCUT2D eigenvalue weighted by Crippen LogP contribution is 2.31. The highest BCUT2D eigenvalue weighted by molar-refractivity contribution is 5.36. The number of rotatable bonds is 5. The zero-order valence-corrected chi connectivity index (χ0v) is 12.3. The number of aryl methyl sites for hydroxylation is 1. The minimum atomic E-state index is -0.219. The molecule has 1 unspecified atom stereocenters. The molecular formula is C14H21N5O. The number of aromatic nitrogens is 3. The van der Waals surface area contributed by atoms with E-state index in [1.807, 2.05) is 29.9 Å². The zero-order chi connectivity index (χ0) is 14.7. The monoisotopic (exact) mass is 275 g/mol. The van der Waals surface area contributed by atoms with Crippen molar-refractivity contribution in [3.8, 4) is 5.75 Å². The van der Waals surface area contributed by atoms with E-state index < -0.39 is 0 Å². The Bertz CT molecular complexity index is 561. The Morgan fingerprint density at radius 2 is 2.05 bits per heavy atom. The van der Waals surface area contributed by atoms with Crippen LogP contribution in [0.4, 0.5) is 0 Å². The minimum absolute atomic E-state index is 0.211. The summed E-state index contributed by atoms with van der Waals surface area (Å²) >= 11 is 0. The number of nitrogens with two attached hydrogens (primary N) is 1. The van der Waals surface area contributed by atoms with Crippen LogP contribution in [0.5, 0.6) is 5.75 Å². The van der Waals surface area contributed by atoms with Crippen molar-refractivity contribution in [2.45, 2.75) is 32.9 Å². The van der Waals surface area contributed by atoms with E-state index >= 15 is 0 Å². The number of nitrogens with one attached hydrogen (secondary N) is 1. The van der Waals surface area contributed by atoms with Crippen LogP contribution in [0.15, 0.2) is 24.5 Å². The van der Waals surface area contributed by atoms with Crippen LogP contribution in [0.2, 0.25) is 0 Å². The van der Waals surface area contributed by atoms with Gasteiger partial charge in [0.05, 0.1) is 19.3 Å². The highest BCUT2D eigenvalue weighted by atomic mass is 16.5. The van der Waals surface area contributed by atoms with Crippen molar-refractivity contribution in [1.29, 1.82) is 0 Å². The Hall–Kier alpha value is -1.92. The van der Waals surface area contributed by atoms with Gasteiger partial charge in [0.2, 0.25) is 0 Å². The molecule has 2 aromatic rings. The number of ether oxygens (including phenoxy) is 1. The van der Waals surface area contributed by atoms with E-state index in [9.17, 15) is 0 Å². The van der Waals surface area contributed by atoms with Gasteiger partial charge in [-0.1, -0.05) is 6.07 Å². The van der Waals surface area contributed by atoms with Crippen molar-refractivity contribution in [2.24, 2.45) is 5.84 Å². The molecule has 0 aliphatic rings. The van der Waals surface area contributed by atoms with Gasteiger partial charge in [-0.05, 0) is 32.4 Å². The summed E-state index contributed by atoms with van der Waals surface area (Å²) < 4.78 is 7.31. The Morgan fingerprint density at radius 1 is 1.30 bits per heavy atom. The number of hydrazine groups is 1. The average molecular weight is 275 g/mol. The van der Waals surface area contributed by atoms with Gasteiger partial charge in [-0.15, -0.1) is 0 Å². The number of hydrogen-bond acceptors (Lipinski definition) is 5. The predicted octanol–water partition coefficient (Wildman–Crippen LogP) is 1.73. The normalized spacial score (nSPS) is 12.7. The summed E-state index contributed by atoms with van der Waals surface area (Å²) in [5, 5.41) is 4.37. The maximum atomic E-state index is 5.75. The molecule has 0 aromatic carbocycles. The molecule has 108 valence electrons. The number of methoxy groups -OCH3 is 1. The number of hydrogen-bond donors (Lipinski definition) is 2. The molecule has 0 amide bonds. The topological polar surface area (TPSA) is 78.0 Å². The Balaban J connectivity index is 2.50. The van der Waals surface area contributed by atoms with Gasteiger partial charge < -0.3 is 4.74 Å². The molecule has 6 nitrogen and oxygen atoms in total. The summed E-state index contributed by atoms with van der Waals surface area (Å²) in [6, 6.07) is 3.96. The third kappa shape index (κ3) is 2.66. The third-order valence-electron chi connectivity index (χ3n) is 3.22. The fraction of sp³-hybridized carbons (Fsp3) is 0.429. The van der Waals surface area contributed by atoms with Crippen molar-refractivity contribution in [2.75, 3.05) is 7.11 Å². The van der Waals surface area contributed by atoms with Crippen LogP contribution in [-0.4, -0.2) is 21.9 Å². The average Bonchev–Trinajstić information content (AvgIpc) is 2.86. The first-order valence-electron chi connectivity index (χ1n) is 6.58. The summed E-state index contributed by atoms with van der Waals surface area (Å²) in [6.45, 7) is 6.08. The van der Waals surface area contributed by atoms with Crippen LogP contribution in [-0.2, 0) is 0 Å². The summed E-state index contributed by atoms with van der Waals surface area (Å²) in [5.74, 6) is 6.46. The lowest BCUT2D eigenvalue weighted by Crippen LogP contribution is -2.31. The van der Waals surface area contributed by atoms with Gasteiger partial charge >= 0.3 is 0 Å². The molecule has 2 heterocycles. The van der Waals surface area contributed by atoms with Crippen LogP contribution >= 0.6 is 0 Å². The lowest BCUT2D eigenvalue weighted by Gasteiger charge is -2.21. The molecule has 0 fully saturated rings. The van der Waals surface area contributed by atoms with E-state index in [-0.39, 0.29) is 12.1 Å². The lowest BCUT2D eigenvalue weighted by atomic mass is 10.1. The van der Waals surface area contributed by atoms with Gasteiger partial charge in [0, 0.05) is 17.9 Å². The molecule has 1 atom stereocenters. The van der Waals surface area contributed by atoms with Crippen molar-refractivity contribution in [3.05, 3.63) is 41.5 Å². The Kier molecular flexibility index (Phi) is 4.36. The summed E-state index contributed by atoms with van der Waals surface area (Å²) in [6.07, 6.45) is 3.53. The van der Waals surface area contributed by atoms with Crippen molar-refractivity contribution >= 4 is 0 Å². The first kappa shape index (κ1) is 14.5. The third-order valence-corrected chi connectivity index (χ3v) is 3.22. The molecule has 20 heavy (non-hydrogen) atoms. The quantitative estimate of drug-likeness (QED) is 0.642. The second-order valence-electron chi connectivity index (χ2n) is 4.97. The molecule has 2 rings (SSSR count). The second-order valence-corrected chi connectivity index (χ2v) is 4.97. The number of nitrogens with zero attached hydrogens (tertiary/aromatic N) is 3. The summed E-state index contributed by atoms with van der Waals surface area (Å²) in [7, 11) is 1.63. The maximum Gasteiger partial charge on any atom is 0.161 e. The van der Waals surface area contributed by atoms with Crippen LogP contribution in [0.1, 0.15) is 42.9 Å². The van der Waals surface area contributed by atoms with E-state index in [2.05, 4.69) is 29.4 Å². The summed E-state index contributed by atoms with van der Waals surface area (Å²) in [5.41, 5.74) is 5.67. The fourth-order valence-corrected chi connectivity index (χ4v) is 2.18. The molecule has 0 saturated carbocycles. The van der Waals surface area contributed by atoms with Gasteiger partial charge in [0.15, 0.2) is 5.75 Å². The Morgan fingerprint density at radius 3 is 2.55 bits per heavy atom. The smallest absolute Gasteiger partial charge is 0.161 e. The molecule has 6 heteroatoms. The largest absolute Gasteiger partial charge is 0.493 e. The fourth-order valence-electron chi connectivity index (χ4n) is 2.18. The standard InChI is InChI=1S/C14H21N5O/c1-9(2)19-14(12(20-4)8-17-19)13(18-15)11-6-5-10(3)16-7-11/h5-9,13,18H,15H2,1-4H3. The maximum absolute atomic E-state index is 5.75. The molecule has 0 spiro atoms. The number of pyridine rings is 1. The van der Waals surface area contributed by atoms with E-state index in [1.165, 1.54) is 0 Å². The molecule has 3 N–H and O–H groups in total. The van der Waals surface area contributed by atoms with Crippen LogP contribution < -0.4 is 16.0 Å². The van der Waals surface area contributed by atoms with Crippen molar-refractivity contribution < 1.29 is 4.74 Å². The van der Waals surface area contributed by atoms with Crippen LogP contribution in [0.25, 0.3) is 0 Å². The predicted molar refractivity (Wildman–Crippen MR) is 77.3 cm³/mol. The molecule has 2 aromatic heterocycles. The van der Waals surface area contributed by atoms with Gasteiger partial charge in [0.1, 0.15) is 5.69 Å². The van der Waals surface area contributed by atoms with Crippen LogP contribution in [0, 0.1) is 6.92 Å². The highest BCUT2D eigenvalue weighted by Gasteiger charge is 2.24. The molecule has 0 aliphatic heterocycles. The second kappa shape index (κ2) is 6.02. The van der Waals surface area contributed by atoms with Gasteiger partial charge in [0.25, 0.3) is 0 Å². The van der Waals surface area contributed by atoms with Crippen molar-refractivity contribution in [1.82, 2.24) is 20.2 Å². The van der Waals surface area contributed by atoms with Crippen LogP contribution in [0.3, 0.4) is 0 Å². The van der Waals surface area contributed by atoms with E-state index in [4.69, 9.17) is 10.6 Å². The van der Waals surface area contributed by atoms with Gasteiger partial charge in [-0.2, -0.15) is 5.10 Å². The molecular weight excluding hydrogens is 254 g/mol. The molecule has 0 saturated heterocycles. The Labute approximate surface area is 118 Å². The SMILES string of the molecule is COc1cnn(C(C)C)c1C(NN)c1ccc(C)nc1. The van der Waals surface area contributed by atoms with Crippen molar-refractivity contribution in [3.63, 3.8) is 0 Å². The first-order valence-corrected chi connectivity index (χ1v) is 6.58. The van der Waals surface area contributed by atoms with Gasteiger partial charge in [-0.3, -0.25) is 15.5 Å². The zero-order valence-electron chi connectivity index (χ0n) is 12.3. The van der Waals surface area contributed by atoms with E-state index in [1.54, 1.807) is 13.3 Å². The molecule has 0 aliphatic carbocycles. The summed E-state index contributed by atoms with van der Waals surface area (Å²) in [4.78, 5) is 4.32. The lowest BCUT2D eigenvalue weighted by molar-refractivity contribution is 0.394.